The Kier molecular flexibility index (Phi) is 6.43. The van der Waals surface area contributed by atoms with Gasteiger partial charge < -0.3 is 10.2 Å². The van der Waals surface area contributed by atoms with Crippen molar-refractivity contribution in [2.24, 2.45) is 5.92 Å². The number of likely N-dealkylation sites (tertiary alicyclic amines) is 1. The van der Waals surface area contributed by atoms with Gasteiger partial charge in [-0.25, -0.2) is 0 Å². The maximum absolute atomic E-state index is 12.2. The molecular weight excluding hydrogens is 241 g/mol. The predicted octanol–water partition coefficient (Wildman–Crippen LogP) is 3.04. The molecule has 1 heterocycles. The summed E-state index contributed by atoms with van der Waals surface area (Å²) < 4.78 is 36.7. The lowest BCUT2D eigenvalue weighted by Crippen LogP contribution is -2.51. The van der Waals surface area contributed by atoms with Gasteiger partial charge in [-0.1, -0.05) is 20.3 Å². The lowest BCUT2D eigenvalue weighted by molar-refractivity contribution is -0.127. The molecule has 0 spiro atoms. The lowest BCUT2D eigenvalue weighted by Gasteiger charge is -2.38. The average molecular weight is 266 g/mol. The Balaban J connectivity index is 2.44. The smallest absolute Gasteiger partial charge is 0.305 e. The molecule has 0 bridgehead atoms. The number of hydrogen-bond donors (Lipinski definition) is 1. The number of nitrogens with zero attached hydrogens (tertiary/aromatic N) is 1. The molecule has 0 aliphatic carbocycles. The Morgan fingerprint density at radius 1 is 1.17 bits per heavy atom. The van der Waals surface area contributed by atoms with Crippen LogP contribution in [0.3, 0.4) is 0 Å². The Hall–Kier alpha value is -0.290. The van der Waals surface area contributed by atoms with Crippen molar-refractivity contribution in [1.82, 2.24) is 10.2 Å². The number of nitrogens with one attached hydrogen (secondary N) is 1. The van der Waals surface area contributed by atoms with Crippen molar-refractivity contribution < 1.29 is 13.2 Å². The van der Waals surface area contributed by atoms with Gasteiger partial charge >= 0.3 is 6.18 Å². The van der Waals surface area contributed by atoms with Crippen molar-refractivity contribution in [3.8, 4) is 0 Å². The van der Waals surface area contributed by atoms with E-state index in [4.69, 9.17) is 0 Å². The molecule has 1 rings (SSSR count). The fraction of sp³-hybridized carbons (Fsp3) is 1.00. The van der Waals surface area contributed by atoms with Crippen LogP contribution < -0.4 is 5.32 Å². The first-order valence-corrected chi connectivity index (χ1v) is 6.97. The molecule has 1 aliphatic rings. The van der Waals surface area contributed by atoms with Gasteiger partial charge in [0.2, 0.25) is 0 Å². The van der Waals surface area contributed by atoms with Crippen molar-refractivity contribution in [2.45, 2.75) is 51.7 Å². The topological polar surface area (TPSA) is 15.3 Å². The summed E-state index contributed by atoms with van der Waals surface area (Å²) >= 11 is 0. The molecule has 2 nitrogen and oxygen atoms in total. The van der Waals surface area contributed by atoms with E-state index >= 15 is 0 Å². The molecule has 0 aromatic rings. The van der Waals surface area contributed by atoms with Gasteiger partial charge in [0.05, 0.1) is 6.54 Å². The minimum Gasteiger partial charge on any atom is -0.305 e. The minimum absolute atomic E-state index is 0.0107. The van der Waals surface area contributed by atoms with E-state index in [2.05, 4.69) is 24.1 Å². The van der Waals surface area contributed by atoms with Crippen LogP contribution in [0.1, 0.15) is 39.5 Å². The number of alkyl halides is 3. The number of hydrogen-bond acceptors (Lipinski definition) is 2. The van der Waals surface area contributed by atoms with E-state index in [9.17, 15) is 13.2 Å². The molecule has 1 N–H and O–H groups in total. The van der Waals surface area contributed by atoms with Gasteiger partial charge in [0.15, 0.2) is 0 Å². The third kappa shape index (κ3) is 6.05. The van der Waals surface area contributed by atoms with E-state index in [0.717, 1.165) is 45.3 Å². The first-order valence-electron chi connectivity index (χ1n) is 6.97. The van der Waals surface area contributed by atoms with Gasteiger partial charge in [-0.05, 0) is 31.7 Å². The maximum Gasteiger partial charge on any atom is 0.401 e. The summed E-state index contributed by atoms with van der Waals surface area (Å²) in [6.07, 6.45) is 0.0588. The molecule has 18 heavy (non-hydrogen) atoms. The van der Waals surface area contributed by atoms with E-state index in [0.29, 0.717) is 5.92 Å². The molecule has 2 unspecified atom stereocenters. The zero-order valence-electron chi connectivity index (χ0n) is 11.4. The molecule has 5 heteroatoms. The van der Waals surface area contributed by atoms with Crippen molar-refractivity contribution >= 4 is 0 Å². The van der Waals surface area contributed by atoms with E-state index < -0.39 is 12.7 Å². The number of halogens is 3. The van der Waals surface area contributed by atoms with Crippen molar-refractivity contribution in [1.29, 1.82) is 0 Å². The third-order valence-electron chi connectivity index (χ3n) is 3.44. The van der Waals surface area contributed by atoms with Crippen LogP contribution in [0.2, 0.25) is 0 Å². The highest BCUT2D eigenvalue weighted by Crippen LogP contribution is 2.22. The summed E-state index contributed by atoms with van der Waals surface area (Å²) in [5.74, 6) is 0.543. The van der Waals surface area contributed by atoms with Crippen LogP contribution in [0.4, 0.5) is 13.2 Å². The summed E-state index contributed by atoms with van der Waals surface area (Å²) in [5, 5.41) is 2.67. The van der Waals surface area contributed by atoms with Crippen LogP contribution in [0.5, 0.6) is 0 Å². The minimum atomic E-state index is -4.10. The van der Waals surface area contributed by atoms with Crippen LogP contribution in [0.15, 0.2) is 0 Å². The Morgan fingerprint density at radius 2 is 1.89 bits per heavy atom. The molecule has 1 saturated heterocycles. The zero-order valence-corrected chi connectivity index (χ0v) is 11.4. The molecule has 2 atom stereocenters. The molecule has 0 aromatic heterocycles. The first kappa shape index (κ1) is 15.8. The van der Waals surface area contributed by atoms with Crippen LogP contribution in [0, 0.1) is 5.92 Å². The SMILES string of the molecule is CCCC1CC(NCC(F)(F)F)CN(CCC)C1. The molecule has 1 fully saturated rings. The lowest BCUT2D eigenvalue weighted by atomic mass is 9.90. The van der Waals surface area contributed by atoms with Gasteiger partial charge in [0.25, 0.3) is 0 Å². The summed E-state index contributed by atoms with van der Waals surface area (Å²) in [6, 6.07) is -0.0107. The second-order valence-corrected chi connectivity index (χ2v) is 5.34. The molecule has 0 aromatic carbocycles. The molecule has 1 aliphatic heterocycles. The third-order valence-corrected chi connectivity index (χ3v) is 3.44. The van der Waals surface area contributed by atoms with Crippen molar-refractivity contribution in [2.75, 3.05) is 26.2 Å². The second-order valence-electron chi connectivity index (χ2n) is 5.34. The van der Waals surface area contributed by atoms with Crippen LogP contribution in [-0.2, 0) is 0 Å². The molecule has 0 saturated carbocycles. The normalized spacial score (nSPS) is 26.5. The Bertz CT molecular complexity index is 217. The average Bonchev–Trinajstić information content (AvgIpc) is 2.26. The molecule has 0 amide bonds. The Labute approximate surface area is 108 Å². The highest BCUT2D eigenvalue weighted by Gasteiger charge is 2.31. The van der Waals surface area contributed by atoms with Crippen LogP contribution >= 0.6 is 0 Å². The number of piperidine rings is 1. The quantitative estimate of drug-likeness (QED) is 0.795. The summed E-state index contributed by atoms with van der Waals surface area (Å²) in [5.41, 5.74) is 0. The monoisotopic (exact) mass is 266 g/mol. The standard InChI is InChI=1S/C13H25F3N2/c1-3-5-11-7-12(17-10-13(14,15)16)9-18(8-11)6-4-2/h11-12,17H,3-10H2,1-2H3. The van der Waals surface area contributed by atoms with Gasteiger partial charge in [0, 0.05) is 19.1 Å². The van der Waals surface area contributed by atoms with Crippen LogP contribution in [0.25, 0.3) is 0 Å². The van der Waals surface area contributed by atoms with Crippen molar-refractivity contribution in [3.05, 3.63) is 0 Å². The fourth-order valence-electron chi connectivity index (χ4n) is 2.83. The van der Waals surface area contributed by atoms with E-state index in [1.165, 1.54) is 0 Å². The van der Waals surface area contributed by atoms with Gasteiger partial charge in [-0.2, -0.15) is 13.2 Å². The van der Waals surface area contributed by atoms with Gasteiger partial charge in [-0.15, -0.1) is 0 Å². The second kappa shape index (κ2) is 7.34. The molecule has 108 valence electrons. The van der Waals surface area contributed by atoms with Gasteiger partial charge in [-0.3, -0.25) is 0 Å². The number of rotatable bonds is 6. The van der Waals surface area contributed by atoms with E-state index in [1.807, 2.05) is 0 Å². The first-order chi connectivity index (χ1) is 8.44. The predicted molar refractivity (Wildman–Crippen MR) is 67.6 cm³/mol. The summed E-state index contributed by atoms with van der Waals surface area (Å²) in [7, 11) is 0. The Morgan fingerprint density at radius 3 is 2.44 bits per heavy atom. The zero-order chi connectivity index (χ0) is 13.6. The molecule has 0 radical (unpaired) electrons. The van der Waals surface area contributed by atoms with E-state index in [1.54, 1.807) is 0 Å². The van der Waals surface area contributed by atoms with Crippen molar-refractivity contribution in [3.63, 3.8) is 0 Å². The highest BCUT2D eigenvalue weighted by molar-refractivity contribution is 4.83. The summed E-state index contributed by atoms with van der Waals surface area (Å²) in [4.78, 5) is 2.30. The van der Waals surface area contributed by atoms with E-state index in [-0.39, 0.29) is 6.04 Å². The summed E-state index contributed by atoms with van der Waals surface area (Å²) in [6.45, 7) is 6.18. The fourth-order valence-corrected chi connectivity index (χ4v) is 2.83. The van der Waals surface area contributed by atoms with Crippen LogP contribution in [-0.4, -0.2) is 43.3 Å². The van der Waals surface area contributed by atoms with Gasteiger partial charge in [0.1, 0.15) is 0 Å². The largest absolute Gasteiger partial charge is 0.401 e. The highest BCUT2D eigenvalue weighted by atomic mass is 19.4. The molecular formula is C13H25F3N2. The maximum atomic E-state index is 12.2.